The molecular formula is C15H23N3O2. The van der Waals surface area contributed by atoms with Gasteiger partial charge in [-0.1, -0.05) is 32.1 Å². The maximum absolute atomic E-state index is 11.4. The van der Waals surface area contributed by atoms with Crippen molar-refractivity contribution in [2.45, 2.75) is 38.5 Å². The summed E-state index contributed by atoms with van der Waals surface area (Å²) in [5, 5.41) is 3.24. The van der Waals surface area contributed by atoms with Gasteiger partial charge in [-0.15, -0.1) is 0 Å². The minimum Gasteiger partial charge on any atom is -0.464 e. The van der Waals surface area contributed by atoms with Crippen LogP contribution in [0.4, 0.5) is 11.5 Å². The Morgan fingerprint density at radius 3 is 2.85 bits per heavy atom. The number of hydrogen-bond donors (Lipinski definition) is 2. The Morgan fingerprint density at radius 2 is 2.15 bits per heavy atom. The van der Waals surface area contributed by atoms with Crippen molar-refractivity contribution in [1.82, 2.24) is 4.98 Å². The monoisotopic (exact) mass is 277 g/mol. The van der Waals surface area contributed by atoms with Crippen LogP contribution in [-0.2, 0) is 4.74 Å². The van der Waals surface area contributed by atoms with Crippen molar-refractivity contribution >= 4 is 17.5 Å². The summed E-state index contributed by atoms with van der Waals surface area (Å²) in [5.74, 6) is 0.935. The Kier molecular flexibility index (Phi) is 5.21. The molecule has 1 aromatic heterocycles. The van der Waals surface area contributed by atoms with E-state index in [2.05, 4.69) is 15.0 Å². The van der Waals surface area contributed by atoms with Gasteiger partial charge in [0, 0.05) is 6.54 Å². The van der Waals surface area contributed by atoms with E-state index >= 15 is 0 Å². The largest absolute Gasteiger partial charge is 0.464 e. The van der Waals surface area contributed by atoms with Gasteiger partial charge in [0.05, 0.1) is 12.8 Å². The Labute approximate surface area is 119 Å². The van der Waals surface area contributed by atoms with Crippen LogP contribution in [-0.4, -0.2) is 24.6 Å². The zero-order valence-electron chi connectivity index (χ0n) is 12.0. The summed E-state index contributed by atoms with van der Waals surface area (Å²) in [6, 6.07) is 3.26. The molecule has 1 saturated carbocycles. The van der Waals surface area contributed by atoms with Gasteiger partial charge in [-0.3, -0.25) is 0 Å². The van der Waals surface area contributed by atoms with Crippen LogP contribution in [0.1, 0.15) is 49.0 Å². The van der Waals surface area contributed by atoms with Crippen molar-refractivity contribution in [3.05, 3.63) is 17.8 Å². The summed E-state index contributed by atoms with van der Waals surface area (Å²) in [4.78, 5) is 15.7. The number of carbonyl (C=O) groups excluding carboxylic acids is 1. The van der Waals surface area contributed by atoms with Crippen LogP contribution in [0.3, 0.4) is 0 Å². The van der Waals surface area contributed by atoms with Gasteiger partial charge in [0.25, 0.3) is 0 Å². The molecule has 110 valence electrons. The van der Waals surface area contributed by atoms with Crippen molar-refractivity contribution in [2.75, 3.05) is 24.7 Å². The van der Waals surface area contributed by atoms with E-state index in [1.807, 2.05) is 0 Å². The van der Waals surface area contributed by atoms with Gasteiger partial charge in [-0.2, -0.15) is 0 Å². The lowest BCUT2D eigenvalue weighted by Crippen LogP contribution is -2.14. The van der Waals surface area contributed by atoms with E-state index in [1.165, 1.54) is 39.2 Å². The second-order valence-electron chi connectivity index (χ2n) is 5.35. The Balaban J connectivity index is 1.89. The number of carbonyl (C=O) groups is 1. The van der Waals surface area contributed by atoms with E-state index < -0.39 is 5.97 Å². The second-order valence-corrected chi connectivity index (χ2v) is 5.35. The first-order chi connectivity index (χ1) is 9.70. The molecule has 1 aliphatic rings. The number of nitrogen functional groups attached to an aromatic ring is 1. The van der Waals surface area contributed by atoms with Crippen LogP contribution in [0.15, 0.2) is 12.1 Å². The van der Waals surface area contributed by atoms with E-state index in [0.29, 0.717) is 11.5 Å². The number of aromatic nitrogens is 1. The fraction of sp³-hybridized carbons (Fsp3) is 0.600. The number of pyridine rings is 1. The van der Waals surface area contributed by atoms with Crippen LogP contribution in [0.5, 0.6) is 0 Å². The van der Waals surface area contributed by atoms with E-state index in [0.717, 1.165) is 18.9 Å². The molecule has 1 heterocycles. The van der Waals surface area contributed by atoms with Gasteiger partial charge < -0.3 is 15.8 Å². The number of rotatable bonds is 5. The van der Waals surface area contributed by atoms with Gasteiger partial charge in [-0.25, -0.2) is 9.78 Å². The summed E-state index contributed by atoms with van der Waals surface area (Å²) in [5.41, 5.74) is 6.71. The average Bonchev–Trinajstić information content (AvgIpc) is 2.49. The highest BCUT2D eigenvalue weighted by Gasteiger charge is 2.14. The maximum Gasteiger partial charge on any atom is 0.356 e. The molecule has 0 aromatic carbocycles. The topological polar surface area (TPSA) is 77.2 Å². The summed E-state index contributed by atoms with van der Waals surface area (Å²) < 4.78 is 4.66. The van der Waals surface area contributed by atoms with Crippen molar-refractivity contribution < 1.29 is 9.53 Å². The van der Waals surface area contributed by atoms with Crippen LogP contribution < -0.4 is 11.1 Å². The predicted octanol–water partition coefficient (Wildman–Crippen LogP) is 2.83. The molecule has 2 rings (SSSR count). The smallest absolute Gasteiger partial charge is 0.356 e. The van der Waals surface area contributed by atoms with E-state index in [9.17, 15) is 4.79 Å². The molecule has 0 amide bonds. The molecule has 5 heteroatoms. The van der Waals surface area contributed by atoms with E-state index in [-0.39, 0.29) is 5.69 Å². The standard InChI is InChI=1S/C15H23N3O2/c1-20-15(19)13-8-7-12(16)14(18-13)17-10-9-11-5-3-2-4-6-11/h7-8,11H,2-6,9-10,16H2,1H3,(H,17,18). The molecule has 0 spiro atoms. The second kappa shape index (κ2) is 7.12. The first kappa shape index (κ1) is 14.6. The lowest BCUT2D eigenvalue weighted by atomic mass is 9.87. The molecule has 1 aromatic rings. The number of hydrogen-bond acceptors (Lipinski definition) is 5. The highest BCUT2D eigenvalue weighted by molar-refractivity contribution is 5.88. The van der Waals surface area contributed by atoms with Gasteiger partial charge in [0.1, 0.15) is 5.82 Å². The van der Waals surface area contributed by atoms with Gasteiger partial charge in [0.15, 0.2) is 5.69 Å². The third kappa shape index (κ3) is 3.85. The molecule has 0 radical (unpaired) electrons. The molecule has 20 heavy (non-hydrogen) atoms. The van der Waals surface area contributed by atoms with Crippen LogP contribution in [0.2, 0.25) is 0 Å². The first-order valence-electron chi connectivity index (χ1n) is 7.29. The lowest BCUT2D eigenvalue weighted by Gasteiger charge is -2.21. The molecular weight excluding hydrogens is 254 g/mol. The van der Waals surface area contributed by atoms with E-state index in [4.69, 9.17) is 5.73 Å². The SMILES string of the molecule is COC(=O)c1ccc(N)c(NCCC2CCCCC2)n1. The molecule has 5 nitrogen and oxygen atoms in total. The van der Waals surface area contributed by atoms with E-state index in [1.54, 1.807) is 12.1 Å². The fourth-order valence-electron chi connectivity index (χ4n) is 2.70. The zero-order chi connectivity index (χ0) is 14.4. The Hall–Kier alpha value is -1.78. The highest BCUT2D eigenvalue weighted by atomic mass is 16.5. The predicted molar refractivity (Wildman–Crippen MR) is 79.7 cm³/mol. The number of ether oxygens (including phenoxy) is 1. The number of anilines is 2. The number of esters is 1. The van der Waals surface area contributed by atoms with Crippen molar-refractivity contribution in [2.24, 2.45) is 5.92 Å². The molecule has 0 bridgehead atoms. The zero-order valence-corrected chi connectivity index (χ0v) is 12.0. The molecule has 1 fully saturated rings. The molecule has 0 saturated heterocycles. The minimum atomic E-state index is -0.444. The highest BCUT2D eigenvalue weighted by Crippen LogP contribution is 2.26. The average molecular weight is 277 g/mol. The lowest BCUT2D eigenvalue weighted by molar-refractivity contribution is 0.0594. The van der Waals surface area contributed by atoms with Crippen LogP contribution >= 0.6 is 0 Å². The van der Waals surface area contributed by atoms with Crippen LogP contribution in [0.25, 0.3) is 0 Å². The number of nitrogens with zero attached hydrogens (tertiary/aromatic N) is 1. The quantitative estimate of drug-likeness (QED) is 0.809. The molecule has 0 aliphatic heterocycles. The summed E-state index contributed by atoms with van der Waals surface area (Å²) in [6.07, 6.45) is 7.86. The number of nitrogens with two attached hydrogens (primary N) is 1. The molecule has 0 unspecified atom stereocenters. The van der Waals surface area contributed by atoms with Crippen LogP contribution in [0, 0.1) is 5.92 Å². The Bertz CT molecular complexity index is 456. The maximum atomic E-state index is 11.4. The molecule has 3 N–H and O–H groups in total. The first-order valence-corrected chi connectivity index (χ1v) is 7.29. The third-order valence-corrected chi connectivity index (χ3v) is 3.89. The number of methoxy groups -OCH3 is 1. The summed E-state index contributed by atoms with van der Waals surface area (Å²) in [7, 11) is 1.34. The summed E-state index contributed by atoms with van der Waals surface area (Å²) in [6.45, 7) is 0.840. The van der Waals surface area contributed by atoms with Crippen molar-refractivity contribution in [1.29, 1.82) is 0 Å². The number of nitrogens with one attached hydrogen (secondary N) is 1. The van der Waals surface area contributed by atoms with Crippen molar-refractivity contribution in [3.63, 3.8) is 0 Å². The normalized spacial score (nSPS) is 15.8. The third-order valence-electron chi connectivity index (χ3n) is 3.89. The van der Waals surface area contributed by atoms with Crippen molar-refractivity contribution in [3.8, 4) is 0 Å². The van der Waals surface area contributed by atoms with Gasteiger partial charge in [-0.05, 0) is 24.5 Å². The Morgan fingerprint density at radius 1 is 1.40 bits per heavy atom. The minimum absolute atomic E-state index is 0.280. The summed E-state index contributed by atoms with van der Waals surface area (Å²) >= 11 is 0. The molecule has 0 atom stereocenters. The van der Waals surface area contributed by atoms with Gasteiger partial charge >= 0.3 is 5.97 Å². The van der Waals surface area contributed by atoms with Gasteiger partial charge in [0.2, 0.25) is 0 Å². The fourth-order valence-corrected chi connectivity index (χ4v) is 2.70. The molecule has 1 aliphatic carbocycles.